The van der Waals surface area contributed by atoms with Gasteiger partial charge in [0.2, 0.25) is 16.9 Å². The minimum atomic E-state index is -0.890. The summed E-state index contributed by atoms with van der Waals surface area (Å²) in [6, 6.07) is 4.44. The van der Waals surface area contributed by atoms with Gasteiger partial charge >= 0.3 is 0 Å². The van der Waals surface area contributed by atoms with Crippen LogP contribution in [0.3, 0.4) is 0 Å². The topological polar surface area (TPSA) is 130 Å². The molecule has 8 heteroatoms. The zero-order chi connectivity index (χ0) is 26.0. The van der Waals surface area contributed by atoms with Gasteiger partial charge in [0.05, 0.1) is 20.3 Å². The summed E-state index contributed by atoms with van der Waals surface area (Å²) in [4.78, 5) is 13.3. The number of hydrogen-bond acceptors (Lipinski definition) is 8. The van der Waals surface area contributed by atoms with E-state index < -0.39 is 23.0 Å². The average Bonchev–Trinajstić information content (AvgIpc) is 2.79. The van der Waals surface area contributed by atoms with Crippen molar-refractivity contribution in [2.45, 2.75) is 39.7 Å². The standard InChI is InChI=1S/C27H30O8/c1-13(2)7-8-15-9-17(10-16(22(15)30)11-18(28)14(3)4)25-27(34-6)24(32)21-20(35-25)12-19(29)26(33-5)23(21)31/h7,9-10,12,18,28-31H,3,8,11H2,1-2,4-6H3/t18-/m1/s1. The molecule has 0 aliphatic carbocycles. The predicted octanol–water partition coefficient (Wildman–Crippen LogP) is 4.58. The second-order valence-electron chi connectivity index (χ2n) is 8.64. The maximum atomic E-state index is 13.3. The van der Waals surface area contributed by atoms with Gasteiger partial charge < -0.3 is 34.3 Å². The highest BCUT2D eigenvalue weighted by atomic mass is 16.5. The molecule has 0 unspecified atom stereocenters. The first kappa shape index (κ1) is 25.7. The lowest BCUT2D eigenvalue weighted by Gasteiger charge is -2.17. The number of benzene rings is 2. The summed E-state index contributed by atoms with van der Waals surface area (Å²) in [5.41, 5.74) is 2.24. The molecule has 35 heavy (non-hydrogen) atoms. The molecular formula is C27H30O8. The Kier molecular flexibility index (Phi) is 7.45. The van der Waals surface area contributed by atoms with Crippen molar-refractivity contribution in [2.24, 2.45) is 0 Å². The third-order valence-corrected chi connectivity index (χ3v) is 5.70. The summed E-state index contributed by atoms with van der Waals surface area (Å²) >= 11 is 0. The first-order valence-electron chi connectivity index (χ1n) is 11.0. The van der Waals surface area contributed by atoms with Gasteiger partial charge in [0, 0.05) is 18.1 Å². The molecule has 0 amide bonds. The Morgan fingerprint density at radius 3 is 2.23 bits per heavy atom. The molecule has 0 bridgehead atoms. The molecule has 0 saturated carbocycles. The van der Waals surface area contributed by atoms with E-state index in [-0.39, 0.29) is 40.4 Å². The Hall–Kier alpha value is -3.91. The quantitative estimate of drug-likeness (QED) is 0.343. The fourth-order valence-corrected chi connectivity index (χ4v) is 3.76. The van der Waals surface area contributed by atoms with Crippen LogP contribution in [0.2, 0.25) is 0 Å². The molecular weight excluding hydrogens is 452 g/mol. The van der Waals surface area contributed by atoms with E-state index in [0.29, 0.717) is 28.7 Å². The van der Waals surface area contributed by atoms with E-state index in [1.807, 2.05) is 19.9 Å². The van der Waals surface area contributed by atoms with E-state index in [1.165, 1.54) is 20.3 Å². The monoisotopic (exact) mass is 482 g/mol. The largest absolute Gasteiger partial charge is 0.507 e. The van der Waals surface area contributed by atoms with Crippen molar-refractivity contribution >= 4 is 11.0 Å². The summed E-state index contributed by atoms with van der Waals surface area (Å²) in [6.07, 6.45) is 1.54. The second-order valence-corrected chi connectivity index (χ2v) is 8.64. The highest BCUT2D eigenvalue weighted by molar-refractivity contribution is 5.91. The molecule has 186 valence electrons. The number of fused-ring (bicyclic) bond motifs is 1. The highest BCUT2D eigenvalue weighted by Crippen LogP contribution is 2.44. The summed E-state index contributed by atoms with van der Waals surface area (Å²) in [5, 5.41) is 41.8. The first-order valence-corrected chi connectivity index (χ1v) is 11.0. The van der Waals surface area contributed by atoms with E-state index in [9.17, 15) is 25.2 Å². The zero-order valence-electron chi connectivity index (χ0n) is 20.4. The number of ether oxygens (including phenoxy) is 2. The number of aliphatic hydroxyl groups excluding tert-OH is 1. The third kappa shape index (κ3) is 4.97. The SMILES string of the molecule is C=C(C)[C@H](O)Cc1cc(-c2oc3cc(O)c(OC)c(O)c3c(=O)c2OC)cc(CC=C(C)C)c1O. The number of hydrogen-bond donors (Lipinski definition) is 4. The molecule has 0 aliphatic rings. The van der Waals surface area contributed by atoms with Gasteiger partial charge in [-0.15, -0.1) is 0 Å². The van der Waals surface area contributed by atoms with Gasteiger partial charge in [0.25, 0.3) is 0 Å². The summed E-state index contributed by atoms with van der Waals surface area (Å²) in [5.74, 6) is -1.35. The minimum absolute atomic E-state index is 0.0219. The van der Waals surface area contributed by atoms with Crippen LogP contribution >= 0.6 is 0 Å². The molecule has 2 aromatic carbocycles. The molecule has 0 saturated heterocycles. The van der Waals surface area contributed by atoms with Crippen LogP contribution in [-0.2, 0) is 12.8 Å². The van der Waals surface area contributed by atoms with Crippen molar-refractivity contribution in [3.8, 4) is 40.1 Å². The number of aromatic hydroxyl groups is 3. The summed E-state index contributed by atoms with van der Waals surface area (Å²) < 4.78 is 16.3. The van der Waals surface area contributed by atoms with E-state index in [1.54, 1.807) is 19.1 Å². The minimum Gasteiger partial charge on any atom is -0.507 e. The lowest BCUT2D eigenvalue weighted by atomic mass is 9.94. The van der Waals surface area contributed by atoms with Crippen molar-refractivity contribution in [2.75, 3.05) is 14.2 Å². The van der Waals surface area contributed by atoms with Crippen LogP contribution in [0.4, 0.5) is 0 Å². The maximum Gasteiger partial charge on any atom is 0.239 e. The Labute approximate surface area is 203 Å². The van der Waals surface area contributed by atoms with Crippen LogP contribution in [-0.4, -0.2) is 40.7 Å². The summed E-state index contributed by atoms with van der Waals surface area (Å²) in [7, 11) is 2.55. The molecule has 4 N–H and O–H groups in total. The second kappa shape index (κ2) is 10.1. The lowest BCUT2D eigenvalue weighted by Crippen LogP contribution is -2.12. The third-order valence-electron chi connectivity index (χ3n) is 5.70. The fourth-order valence-electron chi connectivity index (χ4n) is 3.76. The van der Waals surface area contributed by atoms with Crippen molar-refractivity contribution in [1.29, 1.82) is 0 Å². The lowest BCUT2D eigenvalue weighted by molar-refractivity contribution is 0.210. The van der Waals surface area contributed by atoms with Crippen molar-refractivity contribution in [3.63, 3.8) is 0 Å². The van der Waals surface area contributed by atoms with Crippen molar-refractivity contribution in [1.82, 2.24) is 0 Å². The van der Waals surface area contributed by atoms with Crippen LogP contribution in [0.5, 0.6) is 28.7 Å². The van der Waals surface area contributed by atoms with Gasteiger partial charge in [-0.3, -0.25) is 4.79 Å². The Balaban J connectivity index is 2.35. The van der Waals surface area contributed by atoms with E-state index in [4.69, 9.17) is 13.9 Å². The fraction of sp³-hybridized carbons (Fsp3) is 0.296. The number of phenolic OH excluding ortho intramolecular Hbond substituents is 3. The average molecular weight is 483 g/mol. The van der Waals surface area contributed by atoms with Crippen LogP contribution in [0.15, 0.2) is 51.2 Å². The van der Waals surface area contributed by atoms with E-state index in [0.717, 1.165) is 5.57 Å². The number of phenols is 3. The molecule has 0 radical (unpaired) electrons. The molecule has 0 aliphatic heterocycles. The highest BCUT2D eigenvalue weighted by Gasteiger charge is 2.25. The maximum absolute atomic E-state index is 13.3. The number of allylic oxidation sites excluding steroid dienone is 2. The number of rotatable bonds is 8. The van der Waals surface area contributed by atoms with E-state index >= 15 is 0 Å². The Bertz CT molecular complexity index is 1380. The molecule has 1 heterocycles. The Morgan fingerprint density at radius 1 is 1.03 bits per heavy atom. The van der Waals surface area contributed by atoms with Gasteiger partial charge in [0.15, 0.2) is 17.3 Å². The number of methoxy groups -OCH3 is 2. The van der Waals surface area contributed by atoms with Crippen LogP contribution in [0.25, 0.3) is 22.3 Å². The molecule has 1 atom stereocenters. The van der Waals surface area contributed by atoms with Crippen LogP contribution in [0, 0.1) is 0 Å². The van der Waals surface area contributed by atoms with Crippen molar-refractivity contribution in [3.05, 3.63) is 63.4 Å². The van der Waals surface area contributed by atoms with Gasteiger partial charge in [-0.25, -0.2) is 0 Å². The smallest absolute Gasteiger partial charge is 0.239 e. The van der Waals surface area contributed by atoms with Gasteiger partial charge in [-0.05, 0) is 50.5 Å². The van der Waals surface area contributed by atoms with Gasteiger partial charge in [0.1, 0.15) is 16.7 Å². The molecule has 3 aromatic rings. The van der Waals surface area contributed by atoms with Crippen molar-refractivity contribution < 1.29 is 34.3 Å². The Morgan fingerprint density at radius 2 is 1.66 bits per heavy atom. The molecule has 0 fully saturated rings. The molecule has 8 nitrogen and oxygen atoms in total. The van der Waals surface area contributed by atoms with Crippen LogP contribution in [0.1, 0.15) is 31.9 Å². The predicted molar refractivity (Wildman–Crippen MR) is 134 cm³/mol. The molecule has 1 aromatic heterocycles. The molecule has 0 spiro atoms. The number of aliphatic hydroxyl groups is 1. The summed E-state index contributed by atoms with van der Waals surface area (Å²) in [6.45, 7) is 9.33. The molecule has 3 rings (SSSR count). The van der Waals surface area contributed by atoms with Crippen LogP contribution < -0.4 is 14.9 Å². The van der Waals surface area contributed by atoms with E-state index in [2.05, 4.69) is 6.58 Å². The van der Waals surface area contributed by atoms with Gasteiger partial charge in [-0.2, -0.15) is 0 Å². The zero-order valence-corrected chi connectivity index (χ0v) is 20.4. The van der Waals surface area contributed by atoms with Gasteiger partial charge in [-0.1, -0.05) is 23.8 Å². The normalized spacial score (nSPS) is 11.8. The first-order chi connectivity index (χ1) is 16.5.